The average molecular weight is 416 g/mol. The fourth-order valence-corrected chi connectivity index (χ4v) is 6.39. The van der Waals surface area contributed by atoms with Crippen LogP contribution >= 0.6 is 0 Å². The second-order valence-electron chi connectivity index (χ2n) is 8.96. The van der Waals surface area contributed by atoms with Crippen molar-refractivity contribution >= 4 is 10.0 Å². The van der Waals surface area contributed by atoms with Crippen molar-refractivity contribution in [2.75, 3.05) is 12.3 Å². The fraction of sp³-hybridized carbons (Fsp3) is 1.00. The first-order valence-electron chi connectivity index (χ1n) is 12.6. The minimum atomic E-state index is -3.03. The Balaban J connectivity index is 2.13. The van der Waals surface area contributed by atoms with Crippen LogP contribution in [0, 0.1) is 0 Å². The molecular formula is C24H49NO2S. The maximum Gasteiger partial charge on any atom is 0.214 e. The average Bonchev–Trinajstić information content (AvgIpc) is 3.15. The summed E-state index contributed by atoms with van der Waals surface area (Å²) < 4.78 is 27.4. The Morgan fingerprint density at radius 2 is 1.14 bits per heavy atom. The Morgan fingerprint density at radius 1 is 0.679 bits per heavy atom. The van der Waals surface area contributed by atoms with Crippen molar-refractivity contribution in [3.63, 3.8) is 0 Å². The molecule has 0 spiro atoms. The van der Waals surface area contributed by atoms with Gasteiger partial charge in [0.2, 0.25) is 10.0 Å². The number of rotatable bonds is 19. The zero-order valence-corrected chi connectivity index (χ0v) is 19.9. The van der Waals surface area contributed by atoms with Crippen LogP contribution in [0.4, 0.5) is 0 Å². The summed E-state index contributed by atoms with van der Waals surface area (Å²) in [6.45, 7) is 5.26. The first-order valence-corrected chi connectivity index (χ1v) is 14.2. The van der Waals surface area contributed by atoms with Crippen LogP contribution < -0.4 is 0 Å². The van der Waals surface area contributed by atoms with E-state index in [2.05, 4.69) is 13.8 Å². The molecule has 0 radical (unpaired) electrons. The van der Waals surface area contributed by atoms with E-state index < -0.39 is 10.0 Å². The van der Waals surface area contributed by atoms with Gasteiger partial charge in [0.25, 0.3) is 0 Å². The Bertz CT molecular complexity index is 450. The lowest BCUT2D eigenvalue weighted by atomic mass is 10.0. The molecule has 1 aliphatic heterocycles. The van der Waals surface area contributed by atoms with Crippen LogP contribution in [0.5, 0.6) is 0 Å². The molecule has 0 aromatic rings. The Hall–Kier alpha value is -0.0900. The molecule has 28 heavy (non-hydrogen) atoms. The van der Waals surface area contributed by atoms with Gasteiger partial charge < -0.3 is 0 Å². The summed E-state index contributed by atoms with van der Waals surface area (Å²) in [6, 6.07) is 0.291. The molecule has 0 N–H and O–H groups in total. The molecule has 0 aromatic heterocycles. The van der Waals surface area contributed by atoms with E-state index in [0.717, 1.165) is 38.6 Å². The highest BCUT2D eigenvalue weighted by Gasteiger charge is 2.33. The number of unbranched alkanes of at least 4 members (excludes halogenated alkanes) is 14. The molecule has 4 heteroatoms. The molecule has 1 atom stereocenters. The third-order valence-corrected chi connectivity index (χ3v) is 8.33. The van der Waals surface area contributed by atoms with Crippen LogP contribution in [0.3, 0.4) is 0 Å². The lowest BCUT2D eigenvalue weighted by Crippen LogP contribution is -2.37. The van der Waals surface area contributed by atoms with Crippen molar-refractivity contribution in [3.8, 4) is 0 Å². The quantitative estimate of drug-likeness (QED) is 0.205. The van der Waals surface area contributed by atoms with Crippen LogP contribution in [0.2, 0.25) is 0 Å². The Morgan fingerprint density at radius 3 is 1.68 bits per heavy atom. The van der Waals surface area contributed by atoms with Gasteiger partial charge in [-0.2, -0.15) is 4.31 Å². The van der Waals surface area contributed by atoms with Gasteiger partial charge >= 0.3 is 0 Å². The fourth-order valence-electron chi connectivity index (χ4n) is 4.51. The SMILES string of the molecule is CCCCCCCCCCCC1CCCN1S(=O)(=O)CCCCCCCCC. The highest BCUT2D eigenvalue weighted by atomic mass is 32.2. The number of hydrogen-bond donors (Lipinski definition) is 0. The molecule has 0 amide bonds. The molecular weight excluding hydrogens is 366 g/mol. The Kier molecular flexibility index (Phi) is 15.5. The van der Waals surface area contributed by atoms with Crippen LogP contribution in [0.1, 0.15) is 136 Å². The van der Waals surface area contributed by atoms with Gasteiger partial charge in [-0.3, -0.25) is 0 Å². The van der Waals surface area contributed by atoms with Crippen LogP contribution in [0.25, 0.3) is 0 Å². The van der Waals surface area contributed by atoms with Crippen LogP contribution in [-0.4, -0.2) is 31.1 Å². The topological polar surface area (TPSA) is 37.4 Å². The molecule has 1 aliphatic rings. The van der Waals surface area contributed by atoms with Crippen LogP contribution in [0.15, 0.2) is 0 Å². The summed E-state index contributed by atoms with van der Waals surface area (Å²) in [6.07, 6.45) is 23.5. The number of nitrogens with zero attached hydrogens (tertiary/aromatic N) is 1. The maximum absolute atomic E-state index is 12.8. The van der Waals surface area contributed by atoms with Gasteiger partial charge in [-0.05, 0) is 25.7 Å². The summed E-state index contributed by atoms with van der Waals surface area (Å²) in [5.74, 6) is 0.370. The molecule has 1 rings (SSSR count). The minimum absolute atomic E-state index is 0.291. The molecule has 3 nitrogen and oxygen atoms in total. The van der Waals surface area contributed by atoms with E-state index in [9.17, 15) is 8.42 Å². The predicted octanol–water partition coefficient (Wildman–Crippen LogP) is 7.45. The second-order valence-corrected chi connectivity index (χ2v) is 11.0. The van der Waals surface area contributed by atoms with E-state index in [0.29, 0.717) is 11.8 Å². The first-order chi connectivity index (χ1) is 13.6. The first kappa shape index (κ1) is 25.9. The van der Waals surface area contributed by atoms with Crippen molar-refractivity contribution < 1.29 is 8.42 Å². The van der Waals surface area contributed by atoms with Gasteiger partial charge in [-0.25, -0.2) is 8.42 Å². The lowest BCUT2D eigenvalue weighted by molar-refractivity contribution is 0.358. The van der Waals surface area contributed by atoms with E-state index in [1.165, 1.54) is 89.9 Å². The smallest absolute Gasteiger partial charge is 0.212 e. The van der Waals surface area contributed by atoms with Gasteiger partial charge in [-0.15, -0.1) is 0 Å². The molecule has 1 saturated heterocycles. The highest BCUT2D eigenvalue weighted by molar-refractivity contribution is 7.89. The summed E-state index contributed by atoms with van der Waals surface area (Å²) in [5.41, 5.74) is 0. The predicted molar refractivity (Wildman–Crippen MR) is 123 cm³/mol. The molecule has 0 aliphatic carbocycles. The van der Waals surface area contributed by atoms with Gasteiger partial charge in [0.15, 0.2) is 0 Å². The summed E-state index contributed by atoms with van der Waals surface area (Å²) in [4.78, 5) is 0. The summed E-state index contributed by atoms with van der Waals surface area (Å²) in [5, 5.41) is 0. The van der Waals surface area contributed by atoms with Gasteiger partial charge in [0, 0.05) is 12.6 Å². The summed E-state index contributed by atoms with van der Waals surface area (Å²) in [7, 11) is -3.03. The van der Waals surface area contributed by atoms with Gasteiger partial charge in [-0.1, -0.05) is 110 Å². The number of hydrogen-bond acceptors (Lipinski definition) is 2. The minimum Gasteiger partial charge on any atom is -0.212 e. The van der Waals surface area contributed by atoms with Crippen molar-refractivity contribution in [1.29, 1.82) is 0 Å². The number of sulfonamides is 1. The third-order valence-electron chi connectivity index (χ3n) is 6.33. The lowest BCUT2D eigenvalue weighted by Gasteiger charge is -2.24. The van der Waals surface area contributed by atoms with Crippen molar-refractivity contribution in [3.05, 3.63) is 0 Å². The normalized spacial score (nSPS) is 18.1. The van der Waals surface area contributed by atoms with E-state index in [1.54, 1.807) is 0 Å². The van der Waals surface area contributed by atoms with E-state index >= 15 is 0 Å². The van der Waals surface area contributed by atoms with E-state index in [-0.39, 0.29) is 0 Å². The Labute approximate surface area is 177 Å². The van der Waals surface area contributed by atoms with Crippen molar-refractivity contribution in [2.24, 2.45) is 0 Å². The van der Waals surface area contributed by atoms with Crippen LogP contribution in [-0.2, 0) is 10.0 Å². The summed E-state index contributed by atoms with van der Waals surface area (Å²) >= 11 is 0. The molecule has 168 valence electrons. The largest absolute Gasteiger partial charge is 0.214 e. The van der Waals surface area contributed by atoms with E-state index in [1.807, 2.05) is 4.31 Å². The molecule has 1 unspecified atom stereocenters. The second kappa shape index (κ2) is 16.7. The third kappa shape index (κ3) is 11.8. The maximum atomic E-state index is 12.8. The standard InChI is InChI=1S/C24H49NO2S/c1-3-5-7-9-11-12-13-15-17-20-24-21-19-22-25(24)28(26,27)23-18-16-14-10-8-6-4-2/h24H,3-23H2,1-2H3. The molecule has 0 bridgehead atoms. The molecule has 1 heterocycles. The van der Waals surface area contributed by atoms with Gasteiger partial charge in [0.05, 0.1) is 5.75 Å². The molecule has 1 fully saturated rings. The highest BCUT2D eigenvalue weighted by Crippen LogP contribution is 2.26. The molecule has 0 saturated carbocycles. The van der Waals surface area contributed by atoms with Gasteiger partial charge in [0.1, 0.15) is 0 Å². The zero-order chi connectivity index (χ0) is 20.5. The van der Waals surface area contributed by atoms with Crippen molar-refractivity contribution in [1.82, 2.24) is 4.31 Å². The zero-order valence-electron chi connectivity index (χ0n) is 19.1. The van der Waals surface area contributed by atoms with Crippen molar-refractivity contribution in [2.45, 2.75) is 142 Å². The monoisotopic (exact) mass is 415 g/mol. The molecule has 0 aromatic carbocycles. The van der Waals surface area contributed by atoms with E-state index in [4.69, 9.17) is 0 Å².